The van der Waals surface area contributed by atoms with E-state index in [2.05, 4.69) is 5.32 Å². The topological polar surface area (TPSA) is 49.4 Å². The first-order valence-electron chi connectivity index (χ1n) is 6.33. The van der Waals surface area contributed by atoms with Gasteiger partial charge in [0.2, 0.25) is 5.91 Å². The van der Waals surface area contributed by atoms with E-state index in [1.165, 1.54) is 11.3 Å². The van der Waals surface area contributed by atoms with Gasteiger partial charge in [-0.3, -0.25) is 9.69 Å². The number of hydrogen-bond donors (Lipinski definition) is 1. The Morgan fingerprint density at radius 1 is 1.29 bits per heavy atom. The smallest absolute Gasteiger partial charge is 0.301 e. The molecular formula is C12H18N2O2S. The van der Waals surface area contributed by atoms with Crippen LogP contribution < -0.4 is 5.32 Å². The van der Waals surface area contributed by atoms with Crippen LogP contribution in [-0.4, -0.2) is 27.9 Å². The van der Waals surface area contributed by atoms with Gasteiger partial charge >= 0.3 is 6.03 Å². The number of thiocarbonyl (C=S) groups is 1. The first-order valence-corrected chi connectivity index (χ1v) is 6.74. The number of imide groups is 1. The molecule has 0 radical (unpaired) electrons. The number of amides is 3. The van der Waals surface area contributed by atoms with Crippen molar-refractivity contribution >= 4 is 29.1 Å². The second-order valence-electron chi connectivity index (χ2n) is 4.76. The Kier molecular flexibility index (Phi) is 3.76. The molecule has 0 spiro atoms. The van der Waals surface area contributed by atoms with Crippen molar-refractivity contribution in [3.8, 4) is 0 Å². The predicted molar refractivity (Wildman–Crippen MR) is 68.6 cm³/mol. The van der Waals surface area contributed by atoms with Gasteiger partial charge in [0.05, 0.1) is 10.9 Å². The fourth-order valence-corrected chi connectivity index (χ4v) is 3.03. The molecule has 2 fully saturated rings. The van der Waals surface area contributed by atoms with Crippen LogP contribution in [0.3, 0.4) is 0 Å². The third-order valence-corrected chi connectivity index (χ3v) is 4.04. The lowest BCUT2D eigenvalue weighted by Crippen LogP contribution is -2.60. The van der Waals surface area contributed by atoms with Gasteiger partial charge in [0, 0.05) is 6.04 Å². The zero-order valence-electron chi connectivity index (χ0n) is 10.1. The number of rotatable bonds is 2. The number of nitrogens with zero attached hydrogens (tertiary/aromatic N) is 1. The van der Waals surface area contributed by atoms with Crippen molar-refractivity contribution in [2.24, 2.45) is 5.92 Å². The molecule has 0 aromatic heterocycles. The van der Waals surface area contributed by atoms with E-state index in [9.17, 15) is 9.59 Å². The molecule has 3 amide bonds. The Bertz CT molecular complexity index is 350. The van der Waals surface area contributed by atoms with Gasteiger partial charge in [-0.2, -0.15) is 0 Å². The summed E-state index contributed by atoms with van der Waals surface area (Å²) in [6.45, 7) is 1.92. The van der Waals surface area contributed by atoms with E-state index in [1.54, 1.807) is 0 Å². The van der Waals surface area contributed by atoms with E-state index in [0.29, 0.717) is 11.4 Å². The average Bonchev–Trinajstić information content (AvgIpc) is 2.30. The van der Waals surface area contributed by atoms with Gasteiger partial charge in [-0.1, -0.05) is 38.4 Å². The van der Waals surface area contributed by atoms with Crippen LogP contribution in [0.15, 0.2) is 0 Å². The van der Waals surface area contributed by atoms with Gasteiger partial charge < -0.3 is 5.32 Å². The maximum absolute atomic E-state index is 12.3. The number of carbonyl (C=O) groups excluding carboxylic acids is 2. The van der Waals surface area contributed by atoms with Crippen molar-refractivity contribution in [2.75, 3.05) is 0 Å². The van der Waals surface area contributed by atoms with E-state index >= 15 is 0 Å². The summed E-state index contributed by atoms with van der Waals surface area (Å²) in [7, 11) is 0. The van der Waals surface area contributed by atoms with Gasteiger partial charge in [0.15, 0.2) is 0 Å². The van der Waals surface area contributed by atoms with Crippen molar-refractivity contribution < 1.29 is 9.59 Å². The van der Waals surface area contributed by atoms with Crippen LogP contribution in [0.4, 0.5) is 4.79 Å². The Hall–Kier alpha value is -0.970. The molecule has 5 heteroatoms. The normalized spacial score (nSPS) is 27.2. The van der Waals surface area contributed by atoms with Crippen molar-refractivity contribution in [1.82, 2.24) is 10.2 Å². The number of urea groups is 1. The molecule has 1 saturated heterocycles. The van der Waals surface area contributed by atoms with Crippen LogP contribution in [0.5, 0.6) is 0 Å². The SMILES string of the molecule is CCC1C(=O)N(C2CCCCC2)C(=O)NC1=S. The summed E-state index contributed by atoms with van der Waals surface area (Å²) in [5, 5.41) is 2.66. The first-order chi connectivity index (χ1) is 8.15. The van der Waals surface area contributed by atoms with Crippen LogP contribution in [0.1, 0.15) is 45.4 Å². The largest absolute Gasteiger partial charge is 0.329 e. The van der Waals surface area contributed by atoms with Crippen LogP contribution in [-0.2, 0) is 4.79 Å². The average molecular weight is 254 g/mol. The summed E-state index contributed by atoms with van der Waals surface area (Å²) in [5.74, 6) is -0.419. The highest BCUT2D eigenvalue weighted by Gasteiger charge is 2.40. The molecule has 1 saturated carbocycles. The Morgan fingerprint density at radius 3 is 2.53 bits per heavy atom. The number of hydrogen-bond acceptors (Lipinski definition) is 3. The fourth-order valence-electron chi connectivity index (χ4n) is 2.68. The quantitative estimate of drug-likeness (QED) is 0.769. The van der Waals surface area contributed by atoms with E-state index in [0.717, 1.165) is 25.7 Å². The van der Waals surface area contributed by atoms with Crippen molar-refractivity contribution in [1.29, 1.82) is 0 Å². The van der Waals surface area contributed by atoms with E-state index in [4.69, 9.17) is 12.2 Å². The van der Waals surface area contributed by atoms with Crippen LogP contribution in [0.2, 0.25) is 0 Å². The Morgan fingerprint density at radius 2 is 1.94 bits per heavy atom. The molecule has 1 atom stereocenters. The summed E-state index contributed by atoms with van der Waals surface area (Å²) in [5.41, 5.74) is 0. The van der Waals surface area contributed by atoms with Crippen LogP contribution in [0.25, 0.3) is 0 Å². The third kappa shape index (κ3) is 2.34. The molecule has 1 unspecified atom stereocenters. The van der Waals surface area contributed by atoms with Gasteiger partial charge in [-0.25, -0.2) is 4.79 Å². The molecule has 17 heavy (non-hydrogen) atoms. The lowest BCUT2D eigenvalue weighted by Gasteiger charge is -2.38. The molecular weight excluding hydrogens is 236 g/mol. The predicted octanol–water partition coefficient (Wildman–Crippen LogP) is 2.22. The monoisotopic (exact) mass is 254 g/mol. The molecule has 0 aromatic carbocycles. The number of carbonyl (C=O) groups is 2. The molecule has 2 aliphatic rings. The summed E-state index contributed by atoms with van der Waals surface area (Å²) < 4.78 is 0. The highest BCUT2D eigenvalue weighted by atomic mass is 32.1. The number of nitrogens with one attached hydrogen (secondary N) is 1. The highest BCUT2D eigenvalue weighted by Crippen LogP contribution is 2.26. The van der Waals surface area contributed by atoms with Crippen molar-refractivity contribution in [2.45, 2.75) is 51.5 Å². The van der Waals surface area contributed by atoms with Gasteiger partial charge in [-0.05, 0) is 19.3 Å². The molecule has 1 aliphatic heterocycles. The van der Waals surface area contributed by atoms with Crippen LogP contribution >= 0.6 is 12.2 Å². The lowest BCUT2D eigenvalue weighted by molar-refractivity contribution is -0.133. The summed E-state index contributed by atoms with van der Waals surface area (Å²) in [4.78, 5) is 25.9. The summed E-state index contributed by atoms with van der Waals surface area (Å²) in [6, 6.07) is -0.245. The highest BCUT2D eigenvalue weighted by molar-refractivity contribution is 7.80. The maximum Gasteiger partial charge on any atom is 0.329 e. The molecule has 4 nitrogen and oxygen atoms in total. The van der Waals surface area contributed by atoms with E-state index in [-0.39, 0.29) is 23.9 Å². The fraction of sp³-hybridized carbons (Fsp3) is 0.750. The third-order valence-electron chi connectivity index (χ3n) is 3.65. The lowest BCUT2D eigenvalue weighted by atomic mass is 9.92. The summed E-state index contributed by atoms with van der Waals surface area (Å²) >= 11 is 5.06. The molecule has 94 valence electrons. The standard InChI is InChI=1S/C12H18N2O2S/c1-2-9-10(17)13-12(16)14(11(9)15)8-6-4-3-5-7-8/h8-9H,2-7H2,1H3,(H,13,16,17). The minimum absolute atomic E-state index is 0.0772. The second-order valence-corrected chi connectivity index (χ2v) is 5.20. The summed E-state index contributed by atoms with van der Waals surface area (Å²) in [6.07, 6.45) is 5.92. The molecule has 1 aliphatic carbocycles. The molecule has 0 bridgehead atoms. The van der Waals surface area contributed by atoms with Crippen LogP contribution in [0, 0.1) is 5.92 Å². The molecule has 1 N–H and O–H groups in total. The molecule has 1 heterocycles. The van der Waals surface area contributed by atoms with Crippen molar-refractivity contribution in [3.63, 3.8) is 0 Å². The zero-order valence-corrected chi connectivity index (χ0v) is 10.9. The minimum atomic E-state index is -0.323. The zero-order chi connectivity index (χ0) is 12.4. The van der Waals surface area contributed by atoms with E-state index in [1.807, 2.05) is 6.92 Å². The Balaban J connectivity index is 2.16. The van der Waals surface area contributed by atoms with Gasteiger partial charge in [0.25, 0.3) is 0 Å². The van der Waals surface area contributed by atoms with E-state index < -0.39 is 0 Å². The molecule has 2 rings (SSSR count). The van der Waals surface area contributed by atoms with Gasteiger partial charge in [0.1, 0.15) is 0 Å². The first kappa shape index (κ1) is 12.5. The molecule has 0 aromatic rings. The second kappa shape index (κ2) is 5.12. The van der Waals surface area contributed by atoms with Crippen molar-refractivity contribution in [3.05, 3.63) is 0 Å². The minimum Gasteiger partial charge on any atom is -0.301 e. The van der Waals surface area contributed by atoms with Gasteiger partial charge in [-0.15, -0.1) is 0 Å². The maximum atomic E-state index is 12.3. The Labute approximate surface area is 107 Å².